The number of nitrogens with one attached hydrogen (secondary N) is 2. The van der Waals surface area contributed by atoms with Crippen LogP contribution in [0.4, 0.5) is 5.82 Å². The number of ether oxygens (including phenoxy) is 2. The highest BCUT2D eigenvalue weighted by Gasteiger charge is 2.24. The molecule has 2 amide bonds. The molecule has 11 heteroatoms. The van der Waals surface area contributed by atoms with E-state index in [0.29, 0.717) is 41.9 Å². The lowest BCUT2D eigenvalue weighted by molar-refractivity contribution is -0.119. The van der Waals surface area contributed by atoms with Gasteiger partial charge in [0.05, 0.1) is 19.5 Å². The van der Waals surface area contributed by atoms with E-state index in [4.69, 9.17) is 15.2 Å². The summed E-state index contributed by atoms with van der Waals surface area (Å²) in [7, 11) is 1.50. The smallest absolute Gasteiger partial charge is 0.267 e. The predicted molar refractivity (Wildman–Crippen MR) is 110 cm³/mol. The quantitative estimate of drug-likeness (QED) is 0.509. The third-order valence-corrected chi connectivity index (χ3v) is 4.50. The van der Waals surface area contributed by atoms with Crippen LogP contribution in [0.25, 0.3) is 11.4 Å². The number of carbonyl (C=O) groups excluding carboxylic acids is 2. The molecule has 0 spiro atoms. The first-order chi connectivity index (χ1) is 15.0. The number of nitrogens with two attached hydrogens (primary N) is 1. The fourth-order valence-electron chi connectivity index (χ4n) is 2.94. The van der Waals surface area contributed by atoms with Crippen molar-refractivity contribution in [3.05, 3.63) is 48.4 Å². The van der Waals surface area contributed by atoms with Crippen LogP contribution in [-0.4, -0.2) is 51.4 Å². The first kappa shape index (κ1) is 20.0. The maximum Gasteiger partial charge on any atom is 0.267 e. The number of carbonyl (C=O) groups is 2. The van der Waals surface area contributed by atoms with Crippen molar-refractivity contribution in [1.29, 1.82) is 0 Å². The molecule has 1 fully saturated rings. The molecule has 2 aromatic heterocycles. The maximum absolute atomic E-state index is 11.8. The Labute approximate surface area is 177 Å². The van der Waals surface area contributed by atoms with Crippen LogP contribution in [0.3, 0.4) is 0 Å². The Bertz CT molecular complexity index is 1100. The summed E-state index contributed by atoms with van der Waals surface area (Å²) in [6.07, 6.45) is 3.51. The second-order valence-corrected chi connectivity index (χ2v) is 6.63. The first-order valence-electron chi connectivity index (χ1n) is 9.39. The number of amides is 2. The van der Waals surface area contributed by atoms with E-state index in [1.165, 1.54) is 25.6 Å². The average molecular weight is 421 g/mol. The molecule has 4 N–H and O–H groups in total. The second-order valence-electron chi connectivity index (χ2n) is 6.63. The summed E-state index contributed by atoms with van der Waals surface area (Å²) in [5.41, 5.74) is 6.09. The predicted octanol–water partition coefficient (Wildman–Crippen LogP) is 1.13. The van der Waals surface area contributed by atoms with E-state index in [9.17, 15) is 9.59 Å². The van der Waals surface area contributed by atoms with Gasteiger partial charge in [0.2, 0.25) is 17.7 Å². The Morgan fingerprint density at radius 1 is 1.16 bits per heavy atom. The molecule has 0 radical (unpaired) electrons. The van der Waals surface area contributed by atoms with Gasteiger partial charge in [-0.15, -0.1) is 0 Å². The molecule has 11 nitrogen and oxygen atoms in total. The molecule has 31 heavy (non-hydrogen) atoms. The Morgan fingerprint density at radius 2 is 1.90 bits per heavy atom. The minimum Gasteiger partial charge on any atom is -0.480 e. The molecule has 4 rings (SSSR count). The van der Waals surface area contributed by atoms with E-state index in [0.717, 1.165) is 0 Å². The molecule has 3 aromatic rings. The minimum atomic E-state index is -0.694. The van der Waals surface area contributed by atoms with Gasteiger partial charge in [0.15, 0.2) is 5.82 Å². The van der Waals surface area contributed by atoms with Gasteiger partial charge >= 0.3 is 0 Å². The molecule has 1 unspecified atom stereocenters. The Hall–Kier alpha value is -4.28. The van der Waals surface area contributed by atoms with Crippen LogP contribution in [0, 0.1) is 0 Å². The summed E-state index contributed by atoms with van der Waals surface area (Å²) < 4.78 is 10.6. The topological polar surface area (TPSA) is 154 Å². The van der Waals surface area contributed by atoms with Crippen LogP contribution >= 0.6 is 0 Å². The van der Waals surface area contributed by atoms with Crippen molar-refractivity contribution >= 4 is 17.6 Å². The molecule has 1 aliphatic heterocycles. The SMILES string of the molecule is COc1cnc(Oc2ccc(-c3nc(NC4CCNC4=O)cc(C(N)=O)n3)cc2)cn1. The Balaban J connectivity index is 1.55. The molecule has 1 aromatic carbocycles. The highest BCUT2D eigenvalue weighted by atomic mass is 16.5. The second kappa shape index (κ2) is 8.61. The zero-order chi connectivity index (χ0) is 21.8. The molecule has 0 aliphatic carbocycles. The summed E-state index contributed by atoms with van der Waals surface area (Å²) in [5.74, 6) is 1.03. The lowest BCUT2D eigenvalue weighted by atomic mass is 10.2. The largest absolute Gasteiger partial charge is 0.480 e. The molecule has 1 saturated heterocycles. The van der Waals surface area contributed by atoms with Crippen molar-refractivity contribution < 1.29 is 19.1 Å². The van der Waals surface area contributed by atoms with Crippen LogP contribution in [0.15, 0.2) is 42.7 Å². The number of methoxy groups -OCH3 is 1. The summed E-state index contributed by atoms with van der Waals surface area (Å²) in [6, 6.07) is 7.89. The van der Waals surface area contributed by atoms with Gasteiger partial charge in [0.25, 0.3) is 5.91 Å². The summed E-state index contributed by atoms with van der Waals surface area (Å²) >= 11 is 0. The fraction of sp³-hybridized carbons (Fsp3) is 0.200. The van der Waals surface area contributed by atoms with Gasteiger partial charge in [-0.1, -0.05) is 0 Å². The number of hydrogen-bond acceptors (Lipinski definition) is 9. The molecule has 3 heterocycles. The van der Waals surface area contributed by atoms with Crippen molar-refractivity contribution in [1.82, 2.24) is 25.3 Å². The van der Waals surface area contributed by atoms with E-state index in [1.807, 2.05) is 0 Å². The van der Waals surface area contributed by atoms with Crippen LogP contribution in [0.2, 0.25) is 0 Å². The van der Waals surface area contributed by atoms with Gasteiger partial charge in [-0.05, 0) is 30.7 Å². The monoisotopic (exact) mass is 421 g/mol. The van der Waals surface area contributed by atoms with Crippen molar-refractivity contribution in [3.63, 3.8) is 0 Å². The van der Waals surface area contributed by atoms with E-state index < -0.39 is 11.9 Å². The van der Waals surface area contributed by atoms with Crippen LogP contribution in [-0.2, 0) is 4.79 Å². The molecular weight excluding hydrogens is 402 g/mol. The number of hydrogen-bond donors (Lipinski definition) is 3. The Kier molecular flexibility index (Phi) is 5.56. The van der Waals surface area contributed by atoms with E-state index in [1.54, 1.807) is 24.3 Å². The van der Waals surface area contributed by atoms with Crippen LogP contribution in [0.1, 0.15) is 16.9 Å². The zero-order valence-corrected chi connectivity index (χ0v) is 16.5. The highest BCUT2D eigenvalue weighted by Crippen LogP contribution is 2.25. The molecular formula is C20H19N7O4. The van der Waals surface area contributed by atoms with E-state index >= 15 is 0 Å². The Morgan fingerprint density at radius 3 is 2.52 bits per heavy atom. The van der Waals surface area contributed by atoms with Crippen molar-refractivity contribution in [2.24, 2.45) is 5.73 Å². The number of anilines is 1. The third-order valence-electron chi connectivity index (χ3n) is 4.50. The van der Waals surface area contributed by atoms with Crippen molar-refractivity contribution in [2.75, 3.05) is 19.0 Å². The molecule has 0 bridgehead atoms. The summed E-state index contributed by atoms with van der Waals surface area (Å²) in [5, 5.41) is 5.77. The number of aromatic nitrogens is 4. The van der Waals surface area contributed by atoms with Gasteiger partial charge in [-0.2, -0.15) is 0 Å². The van der Waals surface area contributed by atoms with Crippen LogP contribution < -0.4 is 25.8 Å². The number of rotatable bonds is 7. The average Bonchev–Trinajstić information content (AvgIpc) is 3.19. The van der Waals surface area contributed by atoms with Gasteiger partial charge in [-0.3, -0.25) is 9.59 Å². The lowest BCUT2D eigenvalue weighted by Crippen LogP contribution is -2.30. The first-order valence-corrected chi connectivity index (χ1v) is 9.39. The third kappa shape index (κ3) is 4.66. The highest BCUT2D eigenvalue weighted by molar-refractivity contribution is 5.92. The molecule has 1 atom stereocenters. The number of benzene rings is 1. The van der Waals surface area contributed by atoms with E-state index in [2.05, 4.69) is 30.6 Å². The van der Waals surface area contributed by atoms with E-state index in [-0.39, 0.29) is 17.4 Å². The minimum absolute atomic E-state index is 0.0414. The lowest BCUT2D eigenvalue weighted by Gasteiger charge is -2.13. The molecule has 1 aliphatic rings. The molecule has 0 saturated carbocycles. The van der Waals surface area contributed by atoms with Gasteiger partial charge in [0, 0.05) is 18.2 Å². The fourth-order valence-corrected chi connectivity index (χ4v) is 2.94. The maximum atomic E-state index is 11.8. The van der Waals surface area contributed by atoms with Crippen LogP contribution in [0.5, 0.6) is 17.5 Å². The summed E-state index contributed by atoms with van der Waals surface area (Å²) in [4.78, 5) is 40.3. The van der Waals surface area contributed by atoms with Gasteiger partial charge < -0.3 is 25.8 Å². The zero-order valence-electron chi connectivity index (χ0n) is 16.5. The number of nitrogens with zero attached hydrogens (tertiary/aromatic N) is 4. The number of primary amides is 1. The van der Waals surface area contributed by atoms with Gasteiger partial charge in [0.1, 0.15) is 23.3 Å². The summed E-state index contributed by atoms with van der Waals surface area (Å²) in [6.45, 7) is 0.581. The van der Waals surface area contributed by atoms with Crippen molar-refractivity contribution in [3.8, 4) is 28.9 Å². The molecule has 158 valence electrons. The van der Waals surface area contributed by atoms with Crippen molar-refractivity contribution in [2.45, 2.75) is 12.5 Å². The van der Waals surface area contributed by atoms with Gasteiger partial charge in [-0.25, -0.2) is 19.9 Å². The standard InChI is InChI=1S/C20H19N7O4/c1-30-16-9-24-17(10-23-16)31-12-4-2-11(3-5-12)19-26-14(18(21)28)8-15(27-19)25-13-6-7-22-20(13)29/h2-5,8-10,13H,6-7H2,1H3,(H2,21,28)(H,22,29)(H,25,26,27). The normalized spacial score (nSPS) is 15.3.